The van der Waals surface area contributed by atoms with Gasteiger partial charge in [-0.25, -0.2) is 4.79 Å². The second kappa shape index (κ2) is 5.21. The highest BCUT2D eigenvalue weighted by Gasteiger charge is 2.09. The van der Waals surface area contributed by atoms with Gasteiger partial charge in [-0.1, -0.05) is 0 Å². The molecule has 5 heteroatoms. The minimum Gasteiger partial charge on any atom is -0.493 e. The van der Waals surface area contributed by atoms with Crippen molar-refractivity contribution in [3.05, 3.63) is 23.8 Å². The molecule has 5 nitrogen and oxygen atoms in total. The third kappa shape index (κ3) is 2.85. The van der Waals surface area contributed by atoms with E-state index in [9.17, 15) is 4.79 Å². The first-order valence-electron chi connectivity index (χ1n) is 4.34. The van der Waals surface area contributed by atoms with Gasteiger partial charge in [-0.15, -0.1) is 0 Å². The van der Waals surface area contributed by atoms with Gasteiger partial charge in [0.2, 0.25) is 0 Å². The molecule has 0 amide bonds. The summed E-state index contributed by atoms with van der Waals surface area (Å²) in [5, 5.41) is 17.3. The molecule has 0 bridgehead atoms. The van der Waals surface area contributed by atoms with E-state index in [2.05, 4.69) is 0 Å². The van der Waals surface area contributed by atoms with Gasteiger partial charge in [0, 0.05) is 0 Å². The predicted octanol–water partition coefficient (Wildman–Crippen LogP) is 0.764. The molecule has 2 N–H and O–H groups in total. The lowest BCUT2D eigenvalue weighted by molar-refractivity contribution is 0.0696. The van der Waals surface area contributed by atoms with Crippen LogP contribution in [0.1, 0.15) is 10.4 Å². The number of ether oxygens (including phenoxy) is 2. The van der Waals surface area contributed by atoms with Crippen LogP contribution in [0.15, 0.2) is 18.2 Å². The number of aliphatic hydroxyl groups is 1. The summed E-state index contributed by atoms with van der Waals surface area (Å²) in [4.78, 5) is 10.7. The molecule has 82 valence electrons. The number of rotatable bonds is 5. The van der Waals surface area contributed by atoms with Crippen molar-refractivity contribution in [1.29, 1.82) is 0 Å². The summed E-state index contributed by atoms with van der Waals surface area (Å²) in [6.07, 6.45) is 0. The summed E-state index contributed by atoms with van der Waals surface area (Å²) < 4.78 is 10.1. The van der Waals surface area contributed by atoms with Gasteiger partial charge in [-0.05, 0) is 18.2 Å². The third-order valence-corrected chi connectivity index (χ3v) is 1.76. The quantitative estimate of drug-likeness (QED) is 0.753. The number of methoxy groups -OCH3 is 1. The van der Waals surface area contributed by atoms with Crippen molar-refractivity contribution >= 4 is 5.97 Å². The Kier molecular flexibility index (Phi) is 3.93. The van der Waals surface area contributed by atoms with Gasteiger partial charge in [-0.2, -0.15) is 0 Å². The average molecular weight is 212 g/mol. The highest BCUT2D eigenvalue weighted by Crippen LogP contribution is 2.27. The first-order chi connectivity index (χ1) is 7.19. The fourth-order valence-electron chi connectivity index (χ4n) is 1.08. The van der Waals surface area contributed by atoms with Crippen LogP contribution in [-0.4, -0.2) is 36.5 Å². The number of carbonyl (C=O) groups is 1. The highest BCUT2D eigenvalue weighted by molar-refractivity contribution is 5.88. The lowest BCUT2D eigenvalue weighted by atomic mass is 10.2. The molecule has 0 fully saturated rings. The number of aromatic carboxylic acids is 1. The Labute approximate surface area is 86.9 Å². The highest BCUT2D eigenvalue weighted by atomic mass is 16.5. The predicted molar refractivity (Wildman–Crippen MR) is 52.5 cm³/mol. The standard InChI is InChI=1S/C10H12O5/c1-14-9-6-7(10(12)13)2-3-8(9)15-5-4-11/h2-3,6,11H,4-5H2,1H3,(H,12,13). The molecule has 0 spiro atoms. The number of aliphatic hydroxyl groups excluding tert-OH is 1. The number of benzene rings is 1. The second-order valence-corrected chi connectivity index (χ2v) is 2.74. The van der Waals surface area contributed by atoms with Gasteiger partial charge >= 0.3 is 5.97 Å². The maximum Gasteiger partial charge on any atom is 0.335 e. The van der Waals surface area contributed by atoms with Crippen molar-refractivity contribution in [3.8, 4) is 11.5 Å². The van der Waals surface area contributed by atoms with Gasteiger partial charge in [-0.3, -0.25) is 0 Å². The summed E-state index contributed by atoms with van der Waals surface area (Å²) in [6.45, 7) is 0.0343. The Hall–Kier alpha value is -1.75. The topological polar surface area (TPSA) is 76.0 Å². The average Bonchev–Trinajstić information content (AvgIpc) is 2.25. The normalized spacial score (nSPS) is 9.73. The van der Waals surface area contributed by atoms with E-state index in [1.54, 1.807) is 0 Å². The zero-order valence-electron chi connectivity index (χ0n) is 8.27. The smallest absolute Gasteiger partial charge is 0.335 e. The molecule has 0 unspecified atom stereocenters. The van der Waals surface area contributed by atoms with Crippen molar-refractivity contribution in [2.24, 2.45) is 0 Å². The summed E-state index contributed by atoms with van der Waals surface area (Å²) in [5.74, 6) is -0.276. The second-order valence-electron chi connectivity index (χ2n) is 2.74. The molecule has 0 aromatic heterocycles. The minimum absolute atomic E-state index is 0.107. The molecular formula is C10H12O5. The largest absolute Gasteiger partial charge is 0.493 e. The number of carboxylic acid groups (broad SMARTS) is 1. The molecule has 0 heterocycles. The fourth-order valence-corrected chi connectivity index (χ4v) is 1.08. The Morgan fingerprint density at radius 2 is 2.13 bits per heavy atom. The van der Waals surface area contributed by atoms with Crippen LogP contribution in [0.4, 0.5) is 0 Å². The molecule has 0 aliphatic heterocycles. The number of carboxylic acids is 1. The molecule has 0 atom stereocenters. The van der Waals surface area contributed by atoms with Crippen LogP contribution in [0.5, 0.6) is 11.5 Å². The zero-order chi connectivity index (χ0) is 11.3. The van der Waals surface area contributed by atoms with E-state index in [1.807, 2.05) is 0 Å². The first kappa shape index (κ1) is 11.3. The van der Waals surface area contributed by atoms with Gasteiger partial charge in [0.25, 0.3) is 0 Å². The SMILES string of the molecule is COc1cc(C(=O)O)ccc1OCCO. The third-order valence-electron chi connectivity index (χ3n) is 1.76. The Bertz CT molecular complexity index is 348. The summed E-state index contributed by atoms with van der Waals surface area (Å²) in [7, 11) is 1.42. The zero-order valence-corrected chi connectivity index (χ0v) is 8.27. The molecule has 1 rings (SSSR count). The molecule has 0 radical (unpaired) electrons. The lowest BCUT2D eigenvalue weighted by Crippen LogP contribution is -2.04. The molecule has 15 heavy (non-hydrogen) atoms. The number of hydrogen-bond donors (Lipinski definition) is 2. The van der Waals surface area contributed by atoms with E-state index >= 15 is 0 Å². The summed E-state index contributed by atoms with van der Waals surface area (Å²) in [6, 6.07) is 4.28. The van der Waals surface area contributed by atoms with E-state index in [4.69, 9.17) is 19.7 Å². The van der Waals surface area contributed by atoms with E-state index < -0.39 is 5.97 Å². The molecule has 0 saturated heterocycles. The van der Waals surface area contributed by atoms with Crippen molar-refractivity contribution in [2.75, 3.05) is 20.3 Å². The van der Waals surface area contributed by atoms with Crippen molar-refractivity contribution in [1.82, 2.24) is 0 Å². The Morgan fingerprint density at radius 3 is 2.67 bits per heavy atom. The maximum atomic E-state index is 10.7. The van der Waals surface area contributed by atoms with Gasteiger partial charge in [0.05, 0.1) is 19.3 Å². The van der Waals surface area contributed by atoms with Crippen LogP contribution >= 0.6 is 0 Å². The van der Waals surface area contributed by atoms with Crippen LogP contribution < -0.4 is 9.47 Å². The Morgan fingerprint density at radius 1 is 1.40 bits per heavy atom. The first-order valence-corrected chi connectivity index (χ1v) is 4.34. The molecule has 0 saturated carbocycles. The van der Waals surface area contributed by atoms with E-state index in [-0.39, 0.29) is 18.8 Å². The molecule has 1 aromatic carbocycles. The minimum atomic E-state index is -1.03. The van der Waals surface area contributed by atoms with Crippen molar-refractivity contribution in [3.63, 3.8) is 0 Å². The van der Waals surface area contributed by atoms with E-state index in [0.29, 0.717) is 11.5 Å². The maximum absolute atomic E-state index is 10.7. The van der Waals surface area contributed by atoms with E-state index in [1.165, 1.54) is 25.3 Å². The van der Waals surface area contributed by atoms with Crippen LogP contribution in [-0.2, 0) is 0 Å². The Balaban J connectivity index is 2.93. The van der Waals surface area contributed by atoms with Gasteiger partial charge in [0.1, 0.15) is 6.61 Å². The van der Waals surface area contributed by atoms with Crippen LogP contribution in [0.2, 0.25) is 0 Å². The lowest BCUT2D eigenvalue weighted by Gasteiger charge is -2.09. The van der Waals surface area contributed by atoms with Crippen LogP contribution in [0.25, 0.3) is 0 Å². The summed E-state index contributed by atoms with van der Waals surface area (Å²) >= 11 is 0. The van der Waals surface area contributed by atoms with Crippen LogP contribution in [0.3, 0.4) is 0 Å². The molecule has 0 aliphatic carbocycles. The van der Waals surface area contributed by atoms with Gasteiger partial charge in [0.15, 0.2) is 11.5 Å². The molecule has 0 aliphatic rings. The van der Waals surface area contributed by atoms with Crippen LogP contribution in [0, 0.1) is 0 Å². The fraction of sp³-hybridized carbons (Fsp3) is 0.300. The molecular weight excluding hydrogens is 200 g/mol. The van der Waals surface area contributed by atoms with Crippen molar-refractivity contribution < 1.29 is 24.5 Å². The number of hydrogen-bond acceptors (Lipinski definition) is 4. The van der Waals surface area contributed by atoms with Gasteiger partial charge < -0.3 is 19.7 Å². The van der Waals surface area contributed by atoms with E-state index in [0.717, 1.165) is 0 Å². The monoisotopic (exact) mass is 212 g/mol. The summed E-state index contributed by atoms with van der Waals surface area (Å²) in [5.41, 5.74) is 0.128. The molecule has 1 aromatic rings. The van der Waals surface area contributed by atoms with Crippen molar-refractivity contribution in [2.45, 2.75) is 0 Å².